The molecular formula is C18H18N2O6. The molecule has 2 aromatic rings. The zero-order chi connectivity index (χ0) is 18.7. The Morgan fingerprint density at radius 3 is 2.69 bits per heavy atom. The quantitative estimate of drug-likeness (QED) is 0.364. The number of hydrogen-bond acceptors (Lipinski definition) is 6. The molecule has 8 nitrogen and oxygen atoms in total. The number of esters is 1. The van der Waals surface area contributed by atoms with Crippen LogP contribution in [0.4, 0.5) is 0 Å². The number of benzene rings is 1. The molecule has 2 heterocycles. The van der Waals surface area contributed by atoms with E-state index in [1.54, 1.807) is 30.3 Å². The molecule has 1 N–H and O–H groups in total. The summed E-state index contributed by atoms with van der Waals surface area (Å²) < 4.78 is 10.3. The van der Waals surface area contributed by atoms with Gasteiger partial charge < -0.3 is 14.5 Å². The number of ether oxygens (including phenoxy) is 1. The first-order valence-corrected chi connectivity index (χ1v) is 8.08. The van der Waals surface area contributed by atoms with E-state index >= 15 is 0 Å². The Morgan fingerprint density at radius 1 is 1.38 bits per heavy atom. The maximum Gasteiger partial charge on any atom is 0.323 e. The number of rotatable bonds is 6. The molecule has 0 unspecified atom stereocenters. The van der Waals surface area contributed by atoms with Gasteiger partial charge >= 0.3 is 5.97 Å². The van der Waals surface area contributed by atoms with Gasteiger partial charge in [-0.05, 0) is 17.7 Å². The van der Waals surface area contributed by atoms with Gasteiger partial charge in [0.25, 0.3) is 0 Å². The van der Waals surface area contributed by atoms with Crippen LogP contribution in [0.25, 0.3) is 0 Å². The van der Waals surface area contributed by atoms with Crippen LogP contribution >= 0.6 is 0 Å². The fraction of sp³-hybridized carbons (Fsp3) is 0.333. The monoisotopic (exact) mass is 358 g/mol. The van der Waals surface area contributed by atoms with E-state index in [2.05, 4.69) is 5.32 Å². The van der Waals surface area contributed by atoms with Crippen LogP contribution in [0.2, 0.25) is 0 Å². The van der Waals surface area contributed by atoms with E-state index in [9.17, 15) is 19.7 Å². The third-order valence-electron chi connectivity index (χ3n) is 4.89. The zero-order valence-electron chi connectivity index (χ0n) is 14.1. The molecular weight excluding hydrogens is 340 g/mol. The Morgan fingerprint density at radius 2 is 2.12 bits per heavy atom. The Hall–Kier alpha value is -3.16. The standard InChI is InChI=1S/C18H18N2O6/c1-25-17(22)18(14(11-20(23)24)15-8-5-9-26-15)13(10-19-16(18)21)12-6-3-2-4-7-12/h2-9,13-14H,10-11H2,1H3,(H,19,21)/t13-,14-,18+/m0/s1. The minimum absolute atomic E-state index is 0.173. The number of hydrogen-bond donors (Lipinski definition) is 1. The summed E-state index contributed by atoms with van der Waals surface area (Å²) in [7, 11) is 1.17. The van der Waals surface area contributed by atoms with Crippen LogP contribution in [0.3, 0.4) is 0 Å². The first-order chi connectivity index (χ1) is 12.5. The minimum Gasteiger partial charge on any atom is -0.469 e. The van der Waals surface area contributed by atoms with Crippen molar-refractivity contribution in [3.8, 4) is 0 Å². The second kappa shape index (κ2) is 6.99. The lowest BCUT2D eigenvalue weighted by molar-refractivity contribution is -0.486. The lowest BCUT2D eigenvalue weighted by Crippen LogP contribution is -2.49. The highest BCUT2D eigenvalue weighted by molar-refractivity contribution is 6.06. The van der Waals surface area contributed by atoms with Crippen molar-refractivity contribution in [3.63, 3.8) is 0 Å². The zero-order valence-corrected chi connectivity index (χ0v) is 14.1. The molecule has 26 heavy (non-hydrogen) atoms. The molecule has 3 rings (SSSR count). The van der Waals surface area contributed by atoms with E-state index in [4.69, 9.17) is 9.15 Å². The Labute approximate surface area is 149 Å². The average Bonchev–Trinajstić information content (AvgIpc) is 3.28. The summed E-state index contributed by atoms with van der Waals surface area (Å²) in [6.07, 6.45) is 1.36. The maximum absolute atomic E-state index is 12.9. The van der Waals surface area contributed by atoms with Crippen molar-refractivity contribution in [2.45, 2.75) is 11.8 Å². The summed E-state index contributed by atoms with van der Waals surface area (Å²) in [6, 6.07) is 12.1. The molecule has 0 saturated carbocycles. The van der Waals surface area contributed by atoms with Crippen molar-refractivity contribution in [1.82, 2.24) is 5.32 Å². The number of amides is 1. The van der Waals surface area contributed by atoms with Crippen LogP contribution in [0, 0.1) is 15.5 Å². The highest BCUT2D eigenvalue weighted by Crippen LogP contribution is 2.51. The second-order valence-electron chi connectivity index (χ2n) is 6.12. The van der Waals surface area contributed by atoms with Crippen LogP contribution in [-0.4, -0.2) is 37.0 Å². The van der Waals surface area contributed by atoms with Crippen molar-refractivity contribution in [2.24, 2.45) is 5.41 Å². The fourth-order valence-electron chi connectivity index (χ4n) is 3.77. The Balaban J connectivity index is 2.22. The molecule has 8 heteroatoms. The summed E-state index contributed by atoms with van der Waals surface area (Å²) in [5.74, 6) is -2.94. The number of nitrogens with zero attached hydrogens (tertiary/aromatic N) is 1. The van der Waals surface area contributed by atoms with Gasteiger partial charge in [-0.3, -0.25) is 19.7 Å². The summed E-state index contributed by atoms with van der Waals surface area (Å²) >= 11 is 0. The number of carbonyl (C=O) groups is 2. The third kappa shape index (κ3) is 2.73. The van der Waals surface area contributed by atoms with Gasteiger partial charge in [0.2, 0.25) is 12.5 Å². The predicted octanol–water partition coefficient (Wildman–Crippen LogP) is 1.71. The van der Waals surface area contributed by atoms with E-state index in [0.717, 1.165) is 5.56 Å². The van der Waals surface area contributed by atoms with Gasteiger partial charge in [0, 0.05) is 17.4 Å². The third-order valence-corrected chi connectivity index (χ3v) is 4.89. The number of methoxy groups -OCH3 is 1. The van der Waals surface area contributed by atoms with Crippen LogP contribution in [0.1, 0.15) is 23.2 Å². The Kier molecular flexibility index (Phi) is 4.75. The van der Waals surface area contributed by atoms with Crippen LogP contribution in [0.15, 0.2) is 53.1 Å². The van der Waals surface area contributed by atoms with Gasteiger partial charge in [0.05, 0.1) is 13.4 Å². The smallest absolute Gasteiger partial charge is 0.323 e. The summed E-state index contributed by atoms with van der Waals surface area (Å²) in [5.41, 5.74) is -1.07. The highest BCUT2D eigenvalue weighted by Gasteiger charge is 2.64. The topological polar surface area (TPSA) is 112 Å². The number of nitrogens with one attached hydrogen (secondary N) is 1. The van der Waals surface area contributed by atoms with E-state index in [1.807, 2.05) is 6.07 Å². The fourth-order valence-corrected chi connectivity index (χ4v) is 3.77. The van der Waals surface area contributed by atoms with E-state index < -0.39 is 40.6 Å². The van der Waals surface area contributed by atoms with Gasteiger partial charge in [-0.15, -0.1) is 0 Å². The average molecular weight is 358 g/mol. The second-order valence-corrected chi connectivity index (χ2v) is 6.12. The van der Waals surface area contributed by atoms with E-state index in [0.29, 0.717) is 0 Å². The molecule has 136 valence electrons. The maximum atomic E-state index is 12.9. The van der Waals surface area contributed by atoms with Gasteiger partial charge in [-0.1, -0.05) is 30.3 Å². The molecule has 1 saturated heterocycles. The number of furan rings is 1. The molecule has 1 aromatic heterocycles. The molecule has 1 aliphatic rings. The highest BCUT2D eigenvalue weighted by atomic mass is 16.6. The summed E-state index contributed by atoms with van der Waals surface area (Å²) in [5, 5.41) is 14.0. The predicted molar refractivity (Wildman–Crippen MR) is 90.0 cm³/mol. The van der Waals surface area contributed by atoms with Crippen molar-refractivity contribution in [3.05, 3.63) is 70.2 Å². The normalized spacial score (nSPS) is 23.3. The van der Waals surface area contributed by atoms with Gasteiger partial charge in [-0.2, -0.15) is 0 Å². The molecule has 0 radical (unpaired) electrons. The van der Waals surface area contributed by atoms with Crippen LogP contribution < -0.4 is 5.32 Å². The molecule has 1 amide bonds. The molecule has 0 aliphatic carbocycles. The molecule has 0 spiro atoms. The first-order valence-electron chi connectivity index (χ1n) is 8.08. The molecule has 3 atom stereocenters. The lowest BCUT2D eigenvalue weighted by Gasteiger charge is -2.34. The van der Waals surface area contributed by atoms with Crippen molar-refractivity contribution in [1.29, 1.82) is 0 Å². The summed E-state index contributed by atoms with van der Waals surface area (Å²) in [4.78, 5) is 36.6. The molecule has 0 bridgehead atoms. The Bertz CT molecular complexity index is 804. The van der Waals surface area contributed by atoms with Crippen molar-refractivity contribution < 1.29 is 23.7 Å². The molecule has 1 fully saturated rings. The molecule has 1 aliphatic heterocycles. The molecule has 1 aromatic carbocycles. The summed E-state index contributed by atoms with van der Waals surface area (Å²) in [6.45, 7) is -0.466. The SMILES string of the molecule is COC(=O)[C@]1([C@@H](C[N+](=O)[O-])c2ccco2)C(=O)NC[C@H]1c1ccccc1. The van der Waals surface area contributed by atoms with Gasteiger partial charge in [-0.25, -0.2) is 0 Å². The number of nitro groups is 1. The first kappa shape index (κ1) is 17.7. The lowest BCUT2D eigenvalue weighted by atomic mass is 9.64. The largest absolute Gasteiger partial charge is 0.469 e. The number of carbonyl (C=O) groups excluding carboxylic acids is 2. The van der Waals surface area contributed by atoms with E-state index in [1.165, 1.54) is 19.4 Å². The van der Waals surface area contributed by atoms with Crippen molar-refractivity contribution in [2.75, 3.05) is 20.2 Å². The van der Waals surface area contributed by atoms with Gasteiger partial charge in [0.1, 0.15) is 11.7 Å². The van der Waals surface area contributed by atoms with Crippen LogP contribution in [0.5, 0.6) is 0 Å². The van der Waals surface area contributed by atoms with Crippen molar-refractivity contribution >= 4 is 11.9 Å². The van der Waals surface area contributed by atoms with Gasteiger partial charge in [0.15, 0.2) is 5.41 Å². The van der Waals surface area contributed by atoms with Crippen LogP contribution in [-0.2, 0) is 14.3 Å². The minimum atomic E-state index is -1.79. The van der Waals surface area contributed by atoms with E-state index in [-0.39, 0.29) is 12.3 Å².